The van der Waals surface area contributed by atoms with Crippen LogP contribution < -0.4 is 0 Å². The van der Waals surface area contributed by atoms with Gasteiger partial charge in [-0.2, -0.15) is 0 Å². The molecule has 114 valence electrons. The molecule has 0 bridgehead atoms. The molecule has 0 N–H and O–H groups in total. The fraction of sp³-hybridized carbons (Fsp3) is 0.812. The summed E-state index contributed by atoms with van der Waals surface area (Å²) in [5.74, 6) is 1.08. The number of carbonyl (C=O) groups excluding carboxylic acids is 1. The fourth-order valence-electron chi connectivity index (χ4n) is 3.75. The molecule has 0 saturated heterocycles. The van der Waals surface area contributed by atoms with Crippen LogP contribution in [0, 0.1) is 5.92 Å². The van der Waals surface area contributed by atoms with Crippen LogP contribution in [0.5, 0.6) is 0 Å². The van der Waals surface area contributed by atoms with E-state index in [4.69, 9.17) is 9.47 Å². The summed E-state index contributed by atoms with van der Waals surface area (Å²) in [4.78, 5) is 12.5. The maximum Gasteiger partial charge on any atom is 0.164 e. The molecule has 2 aliphatic carbocycles. The lowest BCUT2D eigenvalue weighted by atomic mass is 9.85. The summed E-state index contributed by atoms with van der Waals surface area (Å²) in [6, 6.07) is 0. The van der Waals surface area contributed by atoms with Gasteiger partial charge in [-0.1, -0.05) is 19.6 Å². The third-order valence-corrected chi connectivity index (χ3v) is 8.92. The Balaban J connectivity index is 2.17. The summed E-state index contributed by atoms with van der Waals surface area (Å²) in [5, 5.41) is 0.305. The molecule has 0 unspecified atom stereocenters. The van der Waals surface area contributed by atoms with Crippen LogP contribution in [0.15, 0.2) is 11.8 Å². The van der Waals surface area contributed by atoms with Crippen molar-refractivity contribution < 1.29 is 14.3 Å². The molecule has 20 heavy (non-hydrogen) atoms. The van der Waals surface area contributed by atoms with E-state index in [0.29, 0.717) is 11.6 Å². The molecular weight excluding hydrogens is 268 g/mol. The number of methoxy groups -OCH3 is 1. The van der Waals surface area contributed by atoms with Gasteiger partial charge in [-0.3, -0.25) is 4.79 Å². The van der Waals surface area contributed by atoms with E-state index in [1.165, 1.54) is 12.8 Å². The van der Waals surface area contributed by atoms with E-state index >= 15 is 0 Å². The van der Waals surface area contributed by atoms with E-state index in [-0.39, 0.29) is 17.8 Å². The molecule has 0 aromatic rings. The van der Waals surface area contributed by atoms with Gasteiger partial charge in [0.05, 0.1) is 26.5 Å². The molecule has 0 spiro atoms. The van der Waals surface area contributed by atoms with Gasteiger partial charge in [-0.05, 0) is 31.2 Å². The minimum Gasteiger partial charge on any atom is -0.498 e. The molecule has 1 fully saturated rings. The maximum absolute atomic E-state index is 12.5. The van der Waals surface area contributed by atoms with Crippen LogP contribution in [-0.2, 0) is 14.3 Å². The van der Waals surface area contributed by atoms with Gasteiger partial charge in [0, 0.05) is 25.5 Å². The van der Waals surface area contributed by atoms with Gasteiger partial charge in [-0.25, -0.2) is 0 Å². The highest BCUT2D eigenvalue weighted by Gasteiger charge is 2.60. The topological polar surface area (TPSA) is 35.5 Å². The summed E-state index contributed by atoms with van der Waals surface area (Å²) in [7, 11) is 0.445. The number of hydrogen-bond donors (Lipinski definition) is 0. The number of ether oxygens (including phenoxy) is 2. The van der Waals surface area contributed by atoms with Crippen LogP contribution in [0.2, 0.25) is 24.7 Å². The summed E-state index contributed by atoms with van der Waals surface area (Å²) < 4.78 is 11.3. The van der Waals surface area contributed by atoms with Crippen molar-refractivity contribution in [2.45, 2.75) is 63.4 Å². The molecule has 2 rings (SSSR count). The van der Waals surface area contributed by atoms with Gasteiger partial charge in [0.2, 0.25) is 0 Å². The highest BCUT2D eigenvalue weighted by Crippen LogP contribution is 2.65. The van der Waals surface area contributed by atoms with Crippen molar-refractivity contribution in [3.8, 4) is 0 Å². The summed E-state index contributed by atoms with van der Waals surface area (Å²) in [6.45, 7) is 9.80. The Morgan fingerprint density at radius 2 is 2.05 bits per heavy atom. The second-order valence-electron chi connectivity index (χ2n) is 7.15. The maximum atomic E-state index is 12.5. The number of ketones is 1. The van der Waals surface area contributed by atoms with Crippen molar-refractivity contribution in [1.82, 2.24) is 0 Å². The largest absolute Gasteiger partial charge is 0.498 e. The average Bonchev–Trinajstić information content (AvgIpc) is 3.14. The molecular formula is C16H28O3Si. The number of rotatable bonds is 6. The van der Waals surface area contributed by atoms with E-state index in [1.54, 1.807) is 13.2 Å². The third kappa shape index (κ3) is 2.73. The number of allylic oxidation sites excluding steroid dienone is 2. The first-order valence-electron chi connectivity index (χ1n) is 7.75. The Hall–Kier alpha value is -0.613. The van der Waals surface area contributed by atoms with Gasteiger partial charge in [0.25, 0.3) is 0 Å². The minimum atomic E-state index is -1.33. The predicted molar refractivity (Wildman–Crippen MR) is 83.5 cm³/mol. The fourth-order valence-corrected chi connectivity index (χ4v) is 6.55. The molecule has 2 atom stereocenters. The Kier molecular flexibility index (Phi) is 4.45. The van der Waals surface area contributed by atoms with Crippen molar-refractivity contribution >= 4 is 13.9 Å². The minimum absolute atomic E-state index is 0.0263. The average molecular weight is 296 g/mol. The molecule has 1 saturated carbocycles. The monoisotopic (exact) mass is 296 g/mol. The SMILES string of the molecule is CCOC1=CC(=O)[C@H]([C@H](OC)C2([Si](C)(C)C)CC2)CC1. The Labute approximate surface area is 123 Å². The normalized spacial score (nSPS) is 26.9. The smallest absolute Gasteiger partial charge is 0.164 e. The molecule has 0 aliphatic heterocycles. The number of carbonyl (C=O) groups is 1. The quantitative estimate of drug-likeness (QED) is 0.700. The van der Waals surface area contributed by atoms with E-state index in [2.05, 4.69) is 19.6 Å². The Morgan fingerprint density at radius 3 is 2.45 bits per heavy atom. The summed E-state index contributed by atoms with van der Waals surface area (Å²) >= 11 is 0. The lowest BCUT2D eigenvalue weighted by molar-refractivity contribution is -0.124. The summed E-state index contributed by atoms with van der Waals surface area (Å²) in [5.41, 5.74) is 0. The standard InChI is InChI=1S/C16H28O3Si/c1-6-19-12-7-8-13(14(17)11-12)15(18-2)16(9-10-16)20(3,4)5/h11,13,15H,6-10H2,1-5H3/t13-,15+/m1/s1. The van der Waals surface area contributed by atoms with Crippen molar-refractivity contribution in [1.29, 1.82) is 0 Å². The predicted octanol–water partition coefficient (Wildman–Crippen LogP) is 3.77. The highest BCUT2D eigenvalue weighted by atomic mass is 28.3. The molecule has 0 heterocycles. The van der Waals surface area contributed by atoms with Gasteiger partial charge in [-0.15, -0.1) is 0 Å². The zero-order chi connectivity index (χ0) is 15.0. The van der Waals surface area contributed by atoms with Crippen molar-refractivity contribution in [2.75, 3.05) is 13.7 Å². The van der Waals surface area contributed by atoms with E-state index in [9.17, 15) is 4.79 Å². The highest BCUT2D eigenvalue weighted by molar-refractivity contribution is 6.80. The van der Waals surface area contributed by atoms with Gasteiger partial charge < -0.3 is 9.47 Å². The first kappa shape index (κ1) is 15.8. The van der Waals surface area contributed by atoms with Crippen LogP contribution in [-0.4, -0.2) is 33.7 Å². The Morgan fingerprint density at radius 1 is 1.40 bits per heavy atom. The summed E-state index contributed by atoms with van der Waals surface area (Å²) in [6.07, 6.45) is 6.01. The van der Waals surface area contributed by atoms with E-state index in [1.807, 2.05) is 6.92 Å². The molecule has 0 aromatic heterocycles. The number of hydrogen-bond acceptors (Lipinski definition) is 3. The molecule has 4 heteroatoms. The first-order chi connectivity index (χ1) is 9.35. The van der Waals surface area contributed by atoms with Gasteiger partial charge in [0.1, 0.15) is 0 Å². The molecule has 0 aromatic carbocycles. The van der Waals surface area contributed by atoms with Crippen LogP contribution in [0.25, 0.3) is 0 Å². The van der Waals surface area contributed by atoms with Crippen LogP contribution in [0.1, 0.15) is 32.6 Å². The van der Waals surface area contributed by atoms with Gasteiger partial charge >= 0.3 is 0 Å². The molecule has 0 amide bonds. The Bertz CT molecular complexity index is 404. The van der Waals surface area contributed by atoms with Crippen LogP contribution in [0.3, 0.4) is 0 Å². The molecule has 3 nitrogen and oxygen atoms in total. The zero-order valence-corrected chi connectivity index (χ0v) is 14.5. The van der Waals surface area contributed by atoms with Crippen molar-refractivity contribution in [3.63, 3.8) is 0 Å². The van der Waals surface area contributed by atoms with Gasteiger partial charge in [0.15, 0.2) is 5.78 Å². The van der Waals surface area contributed by atoms with Crippen LogP contribution in [0.4, 0.5) is 0 Å². The lowest BCUT2D eigenvalue weighted by Crippen LogP contribution is -2.45. The van der Waals surface area contributed by atoms with E-state index < -0.39 is 8.07 Å². The first-order valence-corrected chi connectivity index (χ1v) is 11.3. The third-order valence-electron chi connectivity index (χ3n) is 5.15. The zero-order valence-electron chi connectivity index (χ0n) is 13.5. The lowest BCUT2D eigenvalue weighted by Gasteiger charge is -2.40. The van der Waals surface area contributed by atoms with Crippen LogP contribution >= 0.6 is 0 Å². The second-order valence-corrected chi connectivity index (χ2v) is 12.6. The van der Waals surface area contributed by atoms with E-state index in [0.717, 1.165) is 18.6 Å². The van der Waals surface area contributed by atoms with Crippen molar-refractivity contribution in [2.24, 2.45) is 5.92 Å². The molecule has 0 radical (unpaired) electrons. The second kappa shape index (κ2) is 5.64. The van der Waals surface area contributed by atoms with Crippen molar-refractivity contribution in [3.05, 3.63) is 11.8 Å². The molecule has 2 aliphatic rings.